The average molecular weight is 476 g/mol. The number of nitrogens with one attached hydrogen (secondary N) is 1. The highest BCUT2D eigenvalue weighted by atomic mass is 32.1. The Morgan fingerprint density at radius 3 is 2.71 bits per heavy atom. The van der Waals surface area contributed by atoms with Gasteiger partial charge >= 0.3 is 0 Å². The molecule has 2 aromatic carbocycles. The summed E-state index contributed by atoms with van der Waals surface area (Å²) in [7, 11) is 3.79. The second kappa shape index (κ2) is 10.6. The lowest BCUT2D eigenvalue weighted by atomic mass is 10.0. The van der Waals surface area contributed by atoms with Crippen molar-refractivity contribution in [3.63, 3.8) is 0 Å². The highest BCUT2D eigenvalue weighted by Gasteiger charge is 2.18. The van der Waals surface area contributed by atoms with Gasteiger partial charge in [0.2, 0.25) is 10.9 Å². The number of rotatable bonds is 9. The van der Waals surface area contributed by atoms with Crippen LogP contribution in [0.25, 0.3) is 0 Å². The maximum absolute atomic E-state index is 13.0. The van der Waals surface area contributed by atoms with Gasteiger partial charge in [-0.05, 0) is 37.2 Å². The van der Waals surface area contributed by atoms with Crippen molar-refractivity contribution >= 4 is 33.6 Å². The average Bonchev–Trinajstić information content (AvgIpc) is 3.33. The maximum Gasteiger partial charge on any atom is 0.223 e. The van der Waals surface area contributed by atoms with E-state index in [4.69, 9.17) is 4.74 Å². The van der Waals surface area contributed by atoms with Crippen molar-refractivity contribution in [3.05, 3.63) is 83.4 Å². The molecule has 2 heterocycles. The van der Waals surface area contributed by atoms with Crippen molar-refractivity contribution in [2.45, 2.75) is 6.42 Å². The highest BCUT2D eigenvalue weighted by molar-refractivity contribution is 7.17. The zero-order valence-corrected chi connectivity index (χ0v) is 20.4. The second-order valence-electron chi connectivity index (χ2n) is 8.28. The molecule has 0 saturated carbocycles. The number of ether oxygens (including phenoxy) is 1. The molecule has 1 aliphatic heterocycles. The molecule has 0 unspecified atom stereocenters. The third-order valence-electron chi connectivity index (χ3n) is 5.82. The summed E-state index contributed by atoms with van der Waals surface area (Å²) >= 11 is 1.22. The summed E-state index contributed by atoms with van der Waals surface area (Å²) in [5.74, 6) is 0.559. The van der Waals surface area contributed by atoms with Crippen LogP contribution in [0.15, 0.2) is 67.3 Å². The van der Waals surface area contributed by atoms with Gasteiger partial charge in [0.25, 0.3) is 0 Å². The van der Waals surface area contributed by atoms with Crippen LogP contribution in [-0.4, -0.2) is 61.2 Å². The van der Waals surface area contributed by atoms with Crippen LogP contribution in [0, 0.1) is 0 Å². The Morgan fingerprint density at radius 1 is 1.18 bits per heavy atom. The molecule has 1 saturated heterocycles. The fraction of sp³-hybridized carbons (Fsp3) is 0.269. The van der Waals surface area contributed by atoms with Crippen LogP contribution in [0.2, 0.25) is 0 Å². The number of likely N-dealkylation sites (N-methyl/N-ethyl adjacent to an activating group) is 1. The van der Waals surface area contributed by atoms with Crippen molar-refractivity contribution in [1.82, 2.24) is 15.1 Å². The number of ketones is 1. The van der Waals surface area contributed by atoms with E-state index < -0.39 is 0 Å². The molecule has 1 aliphatic rings. The molecule has 3 aromatic rings. The number of anilines is 3. The molecule has 34 heavy (non-hydrogen) atoms. The molecule has 0 spiro atoms. The van der Waals surface area contributed by atoms with Gasteiger partial charge in [-0.1, -0.05) is 54.3 Å². The second-order valence-corrected chi connectivity index (χ2v) is 9.26. The number of nitrogens with zero attached hydrogens (tertiary/aromatic N) is 4. The number of methoxy groups -OCH3 is 1. The SMILES string of the molecule is C=CC(=C)Cc1cccc(C(=O)c2nnc(Nc3ccc(N4CCN(C)CC4)cc3OC)s2)c1. The summed E-state index contributed by atoms with van der Waals surface area (Å²) in [6.45, 7) is 11.7. The van der Waals surface area contributed by atoms with Gasteiger partial charge in [-0.2, -0.15) is 0 Å². The van der Waals surface area contributed by atoms with Crippen molar-refractivity contribution in [3.8, 4) is 5.75 Å². The lowest BCUT2D eigenvalue weighted by molar-refractivity contribution is 0.103. The van der Waals surface area contributed by atoms with E-state index >= 15 is 0 Å². The van der Waals surface area contributed by atoms with E-state index in [2.05, 4.69) is 51.6 Å². The quantitative estimate of drug-likeness (QED) is 0.359. The Balaban J connectivity index is 1.47. The minimum absolute atomic E-state index is 0.158. The normalized spacial score (nSPS) is 14.0. The van der Waals surface area contributed by atoms with Gasteiger partial charge in [0.15, 0.2) is 5.01 Å². The van der Waals surface area contributed by atoms with Crippen LogP contribution in [0.4, 0.5) is 16.5 Å². The van der Waals surface area contributed by atoms with Gasteiger partial charge in [-0.15, -0.1) is 10.2 Å². The van der Waals surface area contributed by atoms with Crippen LogP contribution in [0.3, 0.4) is 0 Å². The molecule has 1 fully saturated rings. The van der Waals surface area contributed by atoms with Crippen molar-refractivity contribution in [2.75, 3.05) is 50.6 Å². The van der Waals surface area contributed by atoms with Gasteiger partial charge in [0.05, 0.1) is 12.8 Å². The van der Waals surface area contributed by atoms with Crippen molar-refractivity contribution < 1.29 is 9.53 Å². The zero-order chi connectivity index (χ0) is 24.1. The molecule has 4 rings (SSSR count). The summed E-state index contributed by atoms with van der Waals surface area (Å²) < 4.78 is 5.62. The van der Waals surface area contributed by atoms with Crippen LogP contribution in [0.1, 0.15) is 20.9 Å². The first-order chi connectivity index (χ1) is 16.5. The molecule has 0 aliphatic carbocycles. The lowest BCUT2D eigenvalue weighted by Crippen LogP contribution is -2.44. The third kappa shape index (κ3) is 5.52. The molecule has 0 radical (unpaired) electrons. The Morgan fingerprint density at radius 2 is 1.97 bits per heavy atom. The predicted molar refractivity (Wildman–Crippen MR) is 139 cm³/mol. The Kier molecular flexibility index (Phi) is 7.40. The molecular weight excluding hydrogens is 446 g/mol. The Bertz CT molecular complexity index is 1200. The van der Waals surface area contributed by atoms with E-state index in [-0.39, 0.29) is 5.78 Å². The van der Waals surface area contributed by atoms with Gasteiger partial charge in [0, 0.05) is 43.5 Å². The van der Waals surface area contributed by atoms with Crippen LogP contribution < -0.4 is 15.0 Å². The Hall–Kier alpha value is -3.49. The van der Waals surface area contributed by atoms with E-state index in [1.54, 1.807) is 19.3 Å². The van der Waals surface area contributed by atoms with E-state index in [0.717, 1.165) is 54.4 Å². The standard InChI is InChI=1S/C26H29N5O2S/c1-5-18(2)15-19-7-6-8-20(16-19)24(32)25-28-29-26(34-25)27-22-10-9-21(17-23(22)33-4)31-13-11-30(3)12-14-31/h5-10,16-17H,1-2,11-15H2,3-4H3,(H,27,29). The smallest absolute Gasteiger partial charge is 0.223 e. The first-order valence-electron chi connectivity index (χ1n) is 11.1. The third-order valence-corrected chi connectivity index (χ3v) is 6.66. The number of allylic oxidation sites excluding steroid dienone is 2. The maximum atomic E-state index is 13.0. The predicted octanol–water partition coefficient (Wildman–Crippen LogP) is 4.56. The molecular formula is C26H29N5O2S. The molecule has 0 bridgehead atoms. The summed E-state index contributed by atoms with van der Waals surface area (Å²) in [6, 6.07) is 13.6. The highest BCUT2D eigenvalue weighted by Crippen LogP contribution is 2.33. The Labute approximate surface area is 204 Å². The number of hydrogen-bond donors (Lipinski definition) is 1. The van der Waals surface area contributed by atoms with E-state index in [0.29, 0.717) is 22.1 Å². The van der Waals surface area contributed by atoms with Crippen molar-refractivity contribution in [1.29, 1.82) is 0 Å². The van der Waals surface area contributed by atoms with Crippen molar-refractivity contribution in [2.24, 2.45) is 0 Å². The first kappa shape index (κ1) is 23.7. The fourth-order valence-electron chi connectivity index (χ4n) is 3.81. The number of hydrogen-bond acceptors (Lipinski definition) is 8. The van der Waals surface area contributed by atoms with Gasteiger partial charge in [-0.3, -0.25) is 4.79 Å². The van der Waals surface area contributed by atoms with E-state index in [9.17, 15) is 4.79 Å². The lowest BCUT2D eigenvalue weighted by Gasteiger charge is -2.34. The topological polar surface area (TPSA) is 70.6 Å². The molecule has 1 N–H and O–H groups in total. The van der Waals surface area contributed by atoms with Gasteiger partial charge in [0.1, 0.15) is 5.75 Å². The largest absolute Gasteiger partial charge is 0.494 e. The zero-order valence-electron chi connectivity index (χ0n) is 19.6. The number of aromatic nitrogens is 2. The number of carbonyl (C=O) groups is 1. The summed E-state index contributed by atoms with van der Waals surface area (Å²) in [6.07, 6.45) is 2.38. The van der Waals surface area contributed by atoms with Gasteiger partial charge in [-0.25, -0.2) is 0 Å². The number of benzene rings is 2. The van der Waals surface area contributed by atoms with Crippen LogP contribution >= 0.6 is 11.3 Å². The minimum atomic E-state index is -0.158. The van der Waals surface area contributed by atoms with E-state index in [1.165, 1.54) is 11.3 Å². The fourth-order valence-corrected chi connectivity index (χ4v) is 4.52. The summed E-state index contributed by atoms with van der Waals surface area (Å²) in [4.78, 5) is 17.7. The monoisotopic (exact) mass is 475 g/mol. The summed E-state index contributed by atoms with van der Waals surface area (Å²) in [5.41, 5.74) is 4.39. The van der Waals surface area contributed by atoms with Crippen LogP contribution in [-0.2, 0) is 6.42 Å². The number of carbonyl (C=O) groups excluding carboxylic acids is 1. The molecule has 0 amide bonds. The minimum Gasteiger partial charge on any atom is -0.494 e. The first-order valence-corrected chi connectivity index (χ1v) is 11.9. The molecule has 8 heteroatoms. The van der Waals surface area contributed by atoms with Crippen LogP contribution in [0.5, 0.6) is 5.75 Å². The molecule has 0 atom stereocenters. The molecule has 1 aromatic heterocycles. The number of piperazine rings is 1. The van der Waals surface area contributed by atoms with Gasteiger partial charge < -0.3 is 19.9 Å². The molecule has 7 nitrogen and oxygen atoms in total. The molecule has 176 valence electrons. The van der Waals surface area contributed by atoms with E-state index in [1.807, 2.05) is 30.3 Å². The summed E-state index contributed by atoms with van der Waals surface area (Å²) in [5, 5.41) is 12.4.